The molecular weight excluding hydrogens is 126 g/mol. The first-order valence-corrected chi connectivity index (χ1v) is 4.22. The molecule has 58 valence electrons. The minimum absolute atomic E-state index is 0.373. The van der Waals surface area contributed by atoms with Gasteiger partial charge in [-0.3, -0.25) is 0 Å². The molecule has 2 rings (SSSR count). The Hall–Kier alpha value is -0.0800. The molecule has 0 aromatic carbocycles. The van der Waals surface area contributed by atoms with E-state index in [0.717, 1.165) is 12.5 Å². The summed E-state index contributed by atoms with van der Waals surface area (Å²) in [6.07, 6.45) is 4.98. The van der Waals surface area contributed by atoms with Gasteiger partial charge in [0, 0.05) is 12.6 Å². The van der Waals surface area contributed by atoms with E-state index in [9.17, 15) is 0 Å². The summed E-state index contributed by atoms with van der Waals surface area (Å²) in [6.45, 7) is 1.54. The summed E-state index contributed by atoms with van der Waals surface area (Å²) in [5.41, 5.74) is 0.523. The molecule has 2 fully saturated rings. The third-order valence-electron chi connectivity index (χ3n) is 3.29. The third-order valence-corrected chi connectivity index (χ3v) is 3.29. The van der Waals surface area contributed by atoms with Crippen molar-refractivity contribution in [1.82, 2.24) is 5.32 Å². The number of aliphatic hydroxyl groups is 1. The first-order valence-electron chi connectivity index (χ1n) is 4.22. The van der Waals surface area contributed by atoms with E-state index >= 15 is 0 Å². The van der Waals surface area contributed by atoms with Crippen molar-refractivity contribution in [3.63, 3.8) is 0 Å². The van der Waals surface area contributed by atoms with Crippen molar-refractivity contribution in [2.24, 2.45) is 5.41 Å². The van der Waals surface area contributed by atoms with Crippen LogP contribution in [-0.4, -0.2) is 24.3 Å². The summed E-state index contributed by atoms with van der Waals surface area (Å²) in [6, 6.07) is 0.750. The van der Waals surface area contributed by atoms with Crippen molar-refractivity contribution in [3.05, 3.63) is 0 Å². The van der Waals surface area contributed by atoms with E-state index in [-0.39, 0.29) is 0 Å². The predicted octanol–water partition coefficient (Wildman–Crippen LogP) is 0.511. The maximum absolute atomic E-state index is 8.82. The highest BCUT2D eigenvalue weighted by Gasteiger charge is 2.48. The van der Waals surface area contributed by atoms with Gasteiger partial charge in [0.1, 0.15) is 0 Å². The minimum Gasteiger partial charge on any atom is -0.396 e. The molecule has 1 aliphatic carbocycles. The van der Waals surface area contributed by atoms with Gasteiger partial charge in [0.2, 0.25) is 0 Å². The Labute approximate surface area is 61.6 Å². The normalized spacial score (nSPS) is 44.7. The van der Waals surface area contributed by atoms with Gasteiger partial charge in [-0.2, -0.15) is 0 Å². The molecule has 0 radical (unpaired) electrons. The average molecular weight is 141 g/mol. The van der Waals surface area contributed by atoms with Crippen molar-refractivity contribution in [3.8, 4) is 0 Å². The average Bonchev–Trinajstić information content (AvgIpc) is 2.15. The molecular formula is C8H15NO. The Bertz CT molecular complexity index is 137. The van der Waals surface area contributed by atoms with Gasteiger partial charge in [-0.1, -0.05) is 0 Å². The second kappa shape index (κ2) is 2.21. The predicted molar refractivity (Wildman–Crippen MR) is 39.8 cm³/mol. The summed E-state index contributed by atoms with van der Waals surface area (Å²) < 4.78 is 0. The van der Waals surface area contributed by atoms with E-state index in [1.54, 1.807) is 0 Å². The maximum Gasteiger partial charge on any atom is 0.0436 e. The summed E-state index contributed by atoms with van der Waals surface area (Å²) >= 11 is 0. The summed E-state index contributed by atoms with van der Waals surface area (Å²) in [5.74, 6) is 0. The molecule has 0 bridgehead atoms. The zero-order valence-corrected chi connectivity index (χ0v) is 6.27. The smallest absolute Gasteiger partial charge is 0.0436 e. The van der Waals surface area contributed by atoms with Crippen LogP contribution in [0.25, 0.3) is 0 Å². The van der Waals surface area contributed by atoms with Gasteiger partial charge in [0.25, 0.3) is 0 Å². The highest BCUT2D eigenvalue weighted by Crippen LogP contribution is 2.49. The molecule has 2 N–H and O–H groups in total. The molecule has 0 aromatic heterocycles. The van der Waals surface area contributed by atoms with Crippen molar-refractivity contribution in [2.45, 2.75) is 31.7 Å². The lowest BCUT2D eigenvalue weighted by atomic mass is 9.63. The van der Waals surface area contributed by atoms with Crippen LogP contribution in [0.1, 0.15) is 25.7 Å². The fourth-order valence-electron chi connectivity index (χ4n) is 2.46. The highest BCUT2D eigenvalue weighted by molar-refractivity contribution is 5.04. The molecule has 1 saturated carbocycles. The lowest BCUT2D eigenvalue weighted by Crippen LogP contribution is -2.46. The summed E-state index contributed by atoms with van der Waals surface area (Å²) in [4.78, 5) is 0. The van der Waals surface area contributed by atoms with Crippen molar-refractivity contribution >= 4 is 0 Å². The molecule has 2 unspecified atom stereocenters. The van der Waals surface area contributed by atoms with Crippen molar-refractivity contribution < 1.29 is 5.11 Å². The van der Waals surface area contributed by atoms with Crippen molar-refractivity contribution in [1.29, 1.82) is 0 Å². The van der Waals surface area contributed by atoms with E-state index in [1.165, 1.54) is 25.8 Å². The fourth-order valence-corrected chi connectivity index (χ4v) is 2.46. The second-order valence-corrected chi connectivity index (χ2v) is 3.63. The van der Waals surface area contributed by atoms with Gasteiger partial charge in [0.05, 0.1) is 0 Å². The molecule has 2 heteroatoms. The molecule has 0 amide bonds. The Morgan fingerprint density at radius 1 is 1.50 bits per heavy atom. The number of hydrogen-bond acceptors (Lipinski definition) is 2. The molecule has 0 spiro atoms. The van der Waals surface area contributed by atoms with Gasteiger partial charge < -0.3 is 10.4 Å². The zero-order valence-electron chi connectivity index (χ0n) is 6.27. The lowest BCUT2D eigenvalue weighted by molar-refractivity contribution is 0.0738. The fraction of sp³-hybridized carbons (Fsp3) is 1.00. The van der Waals surface area contributed by atoms with Crippen LogP contribution in [0.5, 0.6) is 0 Å². The highest BCUT2D eigenvalue weighted by atomic mass is 16.3. The number of hydrogen-bond donors (Lipinski definition) is 2. The van der Waals surface area contributed by atoms with Crippen LogP contribution in [0, 0.1) is 5.41 Å². The van der Waals surface area contributed by atoms with E-state index in [2.05, 4.69) is 5.32 Å². The SMILES string of the molecule is OCCC12CCNC1CC2. The molecule has 2 nitrogen and oxygen atoms in total. The van der Waals surface area contributed by atoms with Gasteiger partial charge in [0.15, 0.2) is 0 Å². The number of fused-ring (bicyclic) bond motifs is 1. The van der Waals surface area contributed by atoms with Crippen LogP contribution in [0.2, 0.25) is 0 Å². The van der Waals surface area contributed by atoms with Crippen LogP contribution >= 0.6 is 0 Å². The van der Waals surface area contributed by atoms with Gasteiger partial charge >= 0.3 is 0 Å². The molecule has 1 aliphatic heterocycles. The topological polar surface area (TPSA) is 32.3 Å². The molecule has 10 heavy (non-hydrogen) atoms. The van der Waals surface area contributed by atoms with E-state index in [1.807, 2.05) is 0 Å². The lowest BCUT2D eigenvalue weighted by Gasteiger charge is -2.44. The first-order chi connectivity index (χ1) is 4.87. The largest absolute Gasteiger partial charge is 0.396 e. The van der Waals surface area contributed by atoms with Crippen LogP contribution < -0.4 is 5.32 Å². The Morgan fingerprint density at radius 3 is 2.90 bits per heavy atom. The standard InChI is InChI=1S/C8H15NO/c10-6-4-8-2-1-7(8)9-5-3-8/h7,9-10H,1-6H2. The second-order valence-electron chi connectivity index (χ2n) is 3.63. The number of nitrogens with one attached hydrogen (secondary N) is 1. The van der Waals surface area contributed by atoms with Crippen molar-refractivity contribution in [2.75, 3.05) is 13.2 Å². The van der Waals surface area contributed by atoms with Gasteiger partial charge in [-0.25, -0.2) is 0 Å². The summed E-state index contributed by atoms with van der Waals surface area (Å²) in [5, 5.41) is 12.3. The van der Waals surface area contributed by atoms with Crippen LogP contribution in [0.3, 0.4) is 0 Å². The van der Waals surface area contributed by atoms with Gasteiger partial charge in [-0.15, -0.1) is 0 Å². The Morgan fingerprint density at radius 2 is 2.40 bits per heavy atom. The molecule has 1 saturated heterocycles. The summed E-state index contributed by atoms with van der Waals surface area (Å²) in [7, 11) is 0. The first kappa shape index (κ1) is 6.62. The van der Waals surface area contributed by atoms with Crippen LogP contribution in [0.4, 0.5) is 0 Å². The number of aliphatic hydroxyl groups excluding tert-OH is 1. The van der Waals surface area contributed by atoms with E-state index in [4.69, 9.17) is 5.11 Å². The third kappa shape index (κ3) is 0.722. The maximum atomic E-state index is 8.82. The van der Waals surface area contributed by atoms with E-state index in [0.29, 0.717) is 12.0 Å². The molecule has 2 aliphatic rings. The monoisotopic (exact) mass is 141 g/mol. The minimum atomic E-state index is 0.373. The molecule has 2 atom stereocenters. The zero-order chi connectivity index (χ0) is 7.03. The quantitative estimate of drug-likeness (QED) is 0.587. The Kier molecular flexibility index (Phi) is 1.46. The number of rotatable bonds is 2. The van der Waals surface area contributed by atoms with Gasteiger partial charge in [-0.05, 0) is 37.6 Å². The molecule has 0 aromatic rings. The Balaban J connectivity index is 2.00. The van der Waals surface area contributed by atoms with E-state index < -0.39 is 0 Å². The van der Waals surface area contributed by atoms with Crippen LogP contribution in [-0.2, 0) is 0 Å². The van der Waals surface area contributed by atoms with Crippen LogP contribution in [0.15, 0.2) is 0 Å². The molecule has 1 heterocycles.